The first-order chi connectivity index (χ1) is 12.8. The highest BCUT2D eigenvalue weighted by molar-refractivity contribution is 14.1. The fraction of sp³-hybridized carbons (Fsp3) is 0.278. The smallest absolute Gasteiger partial charge is 0.140 e. The summed E-state index contributed by atoms with van der Waals surface area (Å²) in [5.41, 5.74) is 7.15. The second kappa shape index (κ2) is 9.39. The summed E-state index contributed by atoms with van der Waals surface area (Å²) >= 11 is 4.39. The average molecular weight is 589 g/mol. The molecule has 140 valence electrons. The van der Waals surface area contributed by atoms with E-state index >= 15 is 0 Å². The van der Waals surface area contributed by atoms with Gasteiger partial charge in [-0.1, -0.05) is 0 Å². The van der Waals surface area contributed by atoms with E-state index in [0.29, 0.717) is 5.75 Å². The van der Waals surface area contributed by atoms with Crippen molar-refractivity contribution in [2.75, 3.05) is 12.3 Å². The quantitative estimate of drug-likeness (QED) is 0.394. The van der Waals surface area contributed by atoms with Gasteiger partial charge in [0.15, 0.2) is 0 Å². The Morgan fingerprint density at radius 3 is 2.67 bits per heavy atom. The molecule has 2 rings (SSSR count). The lowest BCUT2D eigenvalue weighted by molar-refractivity contribution is 0.240. The number of nitrogens with two attached hydrogens (primary N) is 1. The minimum absolute atomic E-state index is 0.0367. The molecule has 0 amide bonds. The summed E-state index contributed by atoms with van der Waals surface area (Å²) in [6.45, 7) is 3.82. The Hall–Kier alpha value is -1.83. The summed E-state index contributed by atoms with van der Waals surface area (Å²) in [6, 6.07) is 7.98. The molecule has 0 unspecified atom stereocenters. The molecule has 0 spiro atoms. The maximum atomic E-state index is 9.69. The van der Waals surface area contributed by atoms with Gasteiger partial charge in [0.05, 0.1) is 28.4 Å². The number of aliphatic hydroxyl groups is 1. The lowest BCUT2D eigenvalue weighted by Gasteiger charge is -2.15. The molecule has 9 heteroatoms. The summed E-state index contributed by atoms with van der Waals surface area (Å²) in [7, 11) is 0. The number of rotatable bonds is 6. The number of nitriles is 2. The van der Waals surface area contributed by atoms with Crippen molar-refractivity contribution in [1.29, 1.82) is 10.5 Å². The highest BCUT2D eigenvalue weighted by Crippen LogP contribution is 2.33. The Kier molecular flexibility index (Phi) is 7.47. The second-order valence-corrected chi connectivity index (χ2v) is 8.22. The molecule has 0 aliphatic heterocycles. The number of hydrogen-bond donors (Lipinski definition) is 2. The van der Waals surface area contributed by atoms with Crippen LogP contribution in [0.2, 0.25) is 0 Å². The SMILES string of the molecule is CC(C)Oc1c(I)cc(I)cc1/C=C(\C#N)c1nn(CCO)c(N)c1C#N. The van der Waals surface area contributed by atoms with E-state index in [-0.39, 0.29) is 41.9 Å². The van der Waals surface area contributed by atoms with E-state index < -0.39 is 0 Å². The van der Waals surface area contributed by atoms with Crippen LogP contribution in [0, 0.1) is 29.8 Å². The van der Waals surface area contributed by atoms with Crippen molar-refractivity contribution < 1.29 is 9.84 Å². The molecule has 0 saturated heterocycles. The van der Waals surface area contributed by atoms with Crippen LogP contribution in [0.15, 0.2) is 12.1 Å². The van der Waals surface area contributed by atoms with Gasteiger partial charge >= 0.3 is 0 Å². The molecule has 1 aromatic heterocycles. The monoisotopic (exact) mass is 589 g/mol. The van der Waals surface area contributed by atoms with Gasteiger partial charge in [0.2, 0.25) is 0 Å². The number of aliphatic hydroxyl groups excluding tert-OH is 1. The lowest BCUT2D eigenvalue weighted by atomic mass is 10.1. The van der Waals surface area contributed by atoms with Crippen LogP contribution in [-0.4, -0.2) is 27.6 Å². The molecule has 0 fully saturated rings. The third kappa shape index (κ3) is 4.91. The van der Waals surface area contributed by atoms with Crippen LogP contribution in [0.25, 0.3) is 11.6 Å². The van der Waals surface area contributed by atoms with Gasteiger partial charge in [0.25, 0.3) is 0 Å². The summed E-state index contributed by atoms with van der Waals surface area (Å²) in [5.74, 6) is 0.790. The Morgan fingerprint density at radius 2 is 2.11 bits per heavy atom. The van der Waals surface area contributed by atoms with Crippen LogP contribution in [0.1, 0.15) is 30.7 Å². The number of ether oxygens (including phenoxy) is 1. The zero-order chi connectivity index (χ0) is 20.1. The van der Waals surface area contributed by atoms with Crippen molar-refractivity contribution in [1.82, 2.24) is 9.78 Å². The zero-order valence-corrected chi connectivity index (χ0v) is 19.0. The fourth-order valence-electron chi connectivity index (χ4n) is 2.40. The number of nitrogens with zero attached hydrogens (tertiary/aromatic N) is 4. The van der Waals surface area contributed by atoms with Gasteiger partial charge in [-0.25, -0.2) is 4.68 Å². The van der Waals surface area contributed by atoms with Gasteiger partial charge in [-0.15, -0.1) is 0 Å². The first-order valence-corrected chi connectivity index (χ1v) is 10.1. The molecule has 27 heavy (non-hydrogen) atoms. The largest absolute Gasteiger partial charge is 0.489 e. The standard InChI is InChI=1S/C18H17I2N5O2/c1-10(2)27-17-11(6-13(19)7-15(17)20)5-12(8-21)16-14(9-22)18(23)25(24-16)3-4-26/h5-7,10,26H,3-4,23H2,1-2H3/b12-5+. The van der Waals surface area contributed by atoms with E-state index in [2.05, 4.69) is 56.3 Å². The number of benzene rings is 1. The number of halogens is 2. The van der Waals surface area contributed by atoms with Gasteiger partial charge in [-0.2, -0.15) is 15.6 Å². The number of nitrogen functional groups attached to an aromatic ring is 1. The third-order valence-corrected chi connectivity index (χ3v) is 4.91. The van der Waals surface area contributed by atoms with Crippen molar-refractivity contribution in [2.45, 2.75) is 26.5 Å². The van der Waals surface area contributed by atoms with Crippen LogP contribution < -0.4 is 10.5 Å². The molecule has 0 saturated carbocycles. The molecule has 0 atom stereocenters. The molecule has 0 bridgehead atoms. The zero-order valence-electron chi connectivity index (χ0n) is 14.7. The highest BCUT2D eigenvalue weighted by Gasteiger charge is 2.20. The molecule has 2 aromatic rings. The van der Waals surface area contributed by atoms with Gasteiger partial charge in [0.1, 0.15) is 35.0 Å². The van der Waals surface area contributed by atoms with Crippen molar-refractivity contribution >= 4 is 62.6 Å². The first-order valence-electron chi connectivity index (χ1n) is 7.97. The minimum atomic E-state index is -0.177. The Morgan fingerprint density at radius 1 is 1.41 bits per heavy atom. The topological polar surface area (TPSA) is 121 Å². The fourth-order valence-corrected chi connectivity index (χ4v) is 4.41. The van der Waals surface area contributed by atoms with Gasteiger partial charge in [0, 0.05) is 9.13 Å². The molecule has 0 aliphatic rings. The van der Waals surface area contributed by atoms with Crippen LogP contribution in [0.3, 0.4) is 0 Å². The van der Waals surface area contributed by atoms with E-state index in [4.69, 9.17) is 15.6 Å². The normalized spacial score (nSPS) is 11.3. The maximum Gasteiger partial charge on any atom is 0.140 e. The molecular formula is C18H17I2N5O2. The van der Waals surface area contributed by atoms with Crippen LogP contribution in [-0.2, 0) is 6.54 Å². The van der Waals surface area contributed by atoms with E-state index in [0.717, 1.165) is 12.7 Å². The van der Waals surface area contributed by atoms with Gasteiger partial charge in [-0.05, 0) is 77.2 Å². The Bertz CT molecular complexity index is 968. The van der Waals surface area contributed by atoms with E-state index in [1.807, 2.05) is 32.0 Å². The Labute approximate surface area is 184 Å². The molecule has 1 heterocycles. The van der Waals surface area contributed by atoms with Crippen LogP contribution in [0.4, 0.5) is 5.82 Å². The summed E-state index contributed by atoms with van der Waals surface area (Å²) in [4.78, 5) is 0. The minimum Gasteiger partial charge on any atom is -0.489 e. The van der Waals surface area contributed by atoms with E-state index in [1.54, 1.807) is 6.08 Å². The highest BCUT2D eigenvalue weighted by atomic mass is 127. The molecule has 1 aromatic carbocycles. The number of anilines is 1. The predicted octanol–water partition coefficient (Wildman–Crippen LogP) is 3.39. The second-order valence-electron chi connectivity index (χ2n) is 5.81. The maximum absolute atomic E-state index is 9.69. The number of allylic oxidation sites excluding steroid dienone is 1. The van der Waals surface area contributed by atoms with Crippen LogP contribution in [0.5, 0.6) is 5.75 Å². The van der Waals surface area contributed by atoms with E-state index in [1.165, 1.54) is 4.68 Å². The summed E-state index contributed by atoms with van der Waals surface area (Å²) < 4.78 is 9.15. The van der Waals surface area contributed by atoms with Crippen molar-refractivity contribution in [3.63, 3.8) is 0 Å². The van der Waals surface area contributed by atoms with Crippen molar-refractivity contribution in [3.05, 3.63) is 36.1 Å². The van der Waals surface area contributed by atoms with Crippen molar-refractivity contribution in [2.24, 2.45) is 0 Å². The first kappa shape index (κ1) is 21.5. The van der Waals surface area contributed by atoms with Crippen molar-refractivity contribution in [3.8, 4) is 17.9 Å². The van der Waals surface area contributed by atoms with Gasteiger partial charge in [-0.3, -0.25) is 0 Å². The third-order valence-electron chi connectivity index (χ3n) is 3.48. The van der Waals surface area contributed by atoms with E-state index in [9.17, 15) is 10.5 Å². The molecule has 3 N–H and O–H groups in total. The predicted molar refractivity (Wildman–Crippen MR) is 120 cm³/mol. The summed E-state index contributed by atoms with van der Waals surface area (Å²) in [5, 5.41) is 32.5. The molecule has 7 nitrogen and oxygen atoms in total. The van der Waals surface area contributed by atoms with Crippen LogP contribution >= 0.6 is 45.2 Å². The number of hydrogen-bond acceptors (Lipinski definition) is 6. The average Bonchev–Trinajstić information content (AvgIpc) is 2.91. The number of aromatic nitrogens is 2. The molecule has 0 radical (unpaired) electrons. The molecular weight excluding hydrogens is 572 g/mol. The lowest BCUT2D eigenvalue weighted by Crippen LogP contribution is -2.08. The Balaban J connectivity index is 2.67. The van der Waals surface area contributed by atoms with Gasteiger partial charge < -0.3 is 15.6 Å². The molecule has 0 aliphatic carbocycles. The summed E-state index contributed by atoms with van der Waals surface area (Å²) in [6.07, 6.45) is 1.61.